The van der Waals surface area contributed by atoms with Gasteiger partial charge in [0.2, 0.25) is 0 Å². The number of fused-ring (bicyclic) bond motifs is 2. The van der Waals surface area contributed by atoms with Gasteiger partial charge in [-0.1, -0.05) is 31.2 Å². The molecule has 0 radical (unpaired) electrons. The van der Waals surface area contributed by atoms with Crippen LogP contribution in [0.1, 0.15) is 43.7 Å². The number of nitrogens with zero attached hydrogens (tertiary/aromatic N) is 4. The van der Waals surface area contributed by atoms with E-state index in [9.17, 15) is 0 Å². The molecule has 4 heterocycles. The molecule has 192 valence electrons. The molecule has 0 amide bonds. The van der Waals surface area contributed by atoms with Gasteiger partial charge in [-0.05, 0) is 62.3 Å². The second-order valence-electron chi connectivity index (χ2n) is 10.4. The first-order chi connectivity index (χ1) is 18.2. The molecule has 6 nitrogen and oxygen atoms in total. The van der Waals surface area contributed by atoms with Crippen LogP contribution in [0.4, 0.5) is 0 Å². The van der Waals surface area contributed by atoms with Gasteiger partial charge in [-0.15, -0.1) is 0 Å². The van der Waals surface area contributed by atoms with E-state index in [2.05, 4.69) is 70.2 Å². The SMILES string of the molecule is CCc1cncc2cccc(OC3CCN(N4CCC(Oc5cccc6cncc(C)c56)CC4)CC3)c12. The zero-order chi connectivity index (χ0) is 25.2. The lowest BCUT2D eigenvalue weighted by atomic mass is 10.0. The summed E-state index contributed by atoms with van der Waals surface area (Å²) in [5.41, 5.74) is 2.42. The fourth-order valence-corrected chi connectivity index (χ4v) is 5.95. The highest BCUT2D eigenvalue weighted by atomic mass is 16.5. The van der Waals surface area contributed by atoms with Crippen molar-refractivity contribution in [1.29, 1.82) is 0 Å². The van der Waals surface area contributed by atoms with Crippen LogP contribution >= 0.6 is 0 Å². The Kier molecular flexibility index (Phi) is 6.94. The number of pyridine rings is 2. The quantitative estimate of drug-likeness (QED) is 0.329. The number of hydrogen-bond donors (Lipinski definition) is 0. The lowest BCUT2D eigenvalue weighted by Gasteiger charge is -2.43. The number of benzene rings is 2. The maximum Gasteiger partial charge on any atom is 0.127 e. The molecular weight excluding hydrogens is 460 g/mol. The zero-order valence-corrected chi connectivity index (χ0v) is 21.9. The van der Waals surface area contributed by atoms with E-state index < -0.39 is 0 Å². The summed E-state index contributed by atoms with van der Waals surface area (Å²) >= 11 is 0. The van der Waals surface area contributed by atoms with E-state index in [4.69, 9.17) is 9.47 Å². The monoisotopic (exact) mass is 496 g/mol. The van der Waals surface area contributed by atoms with Crippen molar-refractivity contribution in [3.63, 3.8) is 0 Å². The van der Waals surface area contributed by atoms with Crippen LogP contribution in [0.25, 0.3) is 21.5 Å². The molecule has 4 aromatic rings. The first-order valence-corrected chi connectivity index (χ1v) is 13.7. The molecule has 2 fully saturated rings. The minimum Gasteiger partial charge on any atom is -0.490 e. The Balaban J connectivity index is 1.03. The maximum absolute atomic E-state index is 6.58. The van der Waals surface area contributed by atoms with Crippen LogP contribution < -0.4 is 9.47 Å². The molecule has 0 bridgehead atoms. The van der Waals surface area contributed by atoms with Crippen LogP contribution in [0.5, 0.6) is 11.5 Å². The Morgan fingerprint density at radius 3 is 1.78 bits per heavy atom. The van der Waals surface area contributed by atoms with Gasteiger partial charge in [0, 0.05) is 72.5 Å². The molecule has 6 heteroatoms. The zero-order valence-electron chi connectivity index (χ0n) is 21.9. The van der Waals surface area contributed by atoms with E-state index in [0.29, 0.717) is 0 Å². The summed E-state index contributed by atoms with van der Waals surface area (Å²) in [6.45, 7) is 8.45. The first kappa shape index (κ1) is 24.1. The van der Waals surface area contributed by atoms with Gasteiger partial charge in [-0.25, -0.2) is 10.0 Å². The van der Waals surface area contributed by atoms with E-state index in [0.717, 1.165) is 80.6 Å². The standard InChI is InChI=1S/C31H36N4O2/c1-3-23-19-33-21-25-7-5-9-29(31(23)25)37-27-12-16-35(17-13-27)34-14-10-26(11-15-34)36-28-8-4-6-24-20-32-18-22(2)30(24)28/h4-9,18-21,26-27H,3,10-17H2,1-2H3. The number of aryl methyl sites for hydroxylation is 2. The molecule has 0 saturated carbocycles. The fraction of sp³-hybridized carbons (Fsp3) is 0.419. The second-order valence-corrected chi connectivity index (χ2v) is 10.4. The number of hydrogen-bond acceptors (Lipinski definition) is 6. The Morgan fingerprint density at radius 2 is 1.22 bits per heavy atom. The van der Waals surface area contributed by atoms with Crippen molar-refractivity contribution < 1.29 is 9.47 Å². The average Bonchev–Trinajstić information content (AvgIpc) is 2.94. The summed E-state index contributed by atoms with van der Waals surface area (Å²) < 4.78 is 13.1. The maximum atomic E-state index is 6.58. The largest absolute Gasteiger partial charge is 0.490 e. The van der Waals surface area contributed by atoms with E-state index in [-0.39, 0.29) is 12.2 Å². The predicted octanol–water partition coefficient (Wildman–Crippen LogP) is 5.96. The lowest BCUT2D eigenvalue weighted by Crippen LogP contribution is -2.52. The highest BCUT2D eigenvalue weighted by Crippen LogP contribution is 2.32. The summed E-state index contributed by atoms with van der Waals surface area (Å²) in [6.07, 6.45) is 13.4. The highest BCUT2D eigenvalue weighted by molar-refractivity contribution is 5.91. The molecule has 0 atom stereocenters. The number of rotatable bonds is 6. The van der Waals surface area contributed by atoms with E-state index in [1.165, 1.54) is 21.9 Å². The van der Waals surface area contributed by atoms with Gasteiger partial charge >= 0.3 is 0 Å². The molecule has 0 unspecified atom stereocenters. The number of piperidine rings is 2. The third-order valence-corrected chi connectivity index (χ3v) is 7.96. The van der Waals surface area contributed by atoms with Crippen molar-refractivity contribution in [3.8, 4) is 11.5 Å². The van der Waals surface area contributed by atoms with Crippen molar-refractivity contribution in [2.75, 3.05) is 26.2 Å². The fourth-order valence-electron chi connectivity index (χ4n) is 5.95. The summed E-state index contributed by atoms with van der Waals surface area (Å²) in [5.74, 6) is 2.00. The van der Waals surface area contributed by atoms with Gasteiger partial charge in [0.25, 0.3) is 0 Å². The van der Waals surface area contributed by atoms with E-state index in [1.807, 2.05) is 24.8 Å². The molecule has 2 aliphatic rings. The second kappa shape index (κ2) is 10.6. The topological polar surface area (TPSA) is 50.7 Å². The Labute approximate surface area is 219 Å². The predicted molar refractivity (Wildman–Crippen MR) is 148 cm³/mol. The van der Waals surface area contributed by atoms with Crippen molar-refractivity contribution in [1.82, 2.24) is 20.0 Å². The van der Waals surface area contributed by atoms with Crippen molar-refractivity contribution in [2.24, 2.45) is 0 Å². The Morgan fingerprint density at radius 1 is 0.703 bits per heavy atom. The van der Waals surface area contributed by atoms with Crippen molar-refractivity contribution in [3.05, 3.63) is 72.3 Å². The van der Waals surface area contributed by atoms with Gasteiger partial charge in [-0.2, -0.15) is 0 Å². The van der Waals surface area contributed by atoms with Gasteiger partial charge < -0.3 is 9.47 Å². The molecule has 2 aromatic carbocycles. The minimum atomic E-state index is 0.254. The van der Waals surface area contributed by atoms with E-state index >= 15 is 0 Å². The van der Waals surface area contributed by atoms with Crippen LogP contribution in [-0.2, 0) is 6.42 Å². The average molecular weight is 497 g/mol. The van der Waals surface area contributed by atoms with Crippen LogP contribution in [0, 0.1) is 6.92 Å². The normalized spacial score (nSPS) is 18.4. The molecule has 2 aliphatic heterocycles. The van der Waals surface area contributed by atoms with Gasteiger partial charge in [0.1, 0.15) is 23.7 Å². The summed E-state index contributed by atoms with van der Waals surface area (Å²) in [6, 6.07) is 12.6. The molecule has 37 heavy (non-hydrogen) atoms. The molecule has 0 N–H and O–H groups in total. The third kappa shape index (κ3) is 5.00. The van der Waals surface area contributed by atoms with E-state index in [1.54, 1.807) is 0 Å². The molecule has 2 saturated heterocycles. The van der Waals surface area contributed by atoms with Crippen LogP contribution in [-0.4, -0.2) is 58.4 Å². The first-order valence-electron chi connectivity index (χ1n) is 13.7. The van der Waals surface area contributed by atoms with Crippen molar-refractivity contribution in [2.45, 2.75) is 58.2 Å². The van der Waals surface area contributed by atoms with Gasteiger partial charge in [0.15, 0.2) is 0 Å². The molecule has 0 aliphatic carbocycles. The lowest BCUT2D eigenvalue weighted by molar-refractivity contribution is -0.0844. The molecule has 0 spiro atoms. The summed E-state index contributed by atoms with van der Waals surface area (Å²) in [7, 11) is 0. The van der Waals surface area contributed by atoms with Crippen LogP contribution in [0.3, 0.4) is 0 Å². The molecule has 2 aromatic heterocycles. The van der Waals surface area contributed by atoms with Gasteiger partial charge in [0.05, 0.1) is 0 Å². The Hall–Kier alpha value is -3.22. The number of hydrazine groups is 1. The van der Waals surface area contributed by atoms with Crippen LogP contribution in [0.2, 0.25) is 0 Å². The number of aromatic nitrogens is 2. The minimum absolute atomic E-state index is 0.254. The van der Waals surface area contributed by atoms with Gasteiger partial charge in [-0.3, -0.25) is 9.97 Å². The highest BCUT2D eigenvalue weighted by Gasteiger charge is 2.29. The molecular formula is C31H36N4O2. The van der Waals surface area contributed by atoms with Crippen LogP contribution in [0.15, 0.2) is 61.2 Å². The van der Waals surface area contributed by atoms with Crippen molar-refractivity contribution >= 4 is 21.5 Å². The Bertz CT molecular complexity index is 1360. The summed E-state index contributed by atoms with van der Waals surface area (Å²) in [4.78, 5) is 8.73. The molecule has 6 rings (SSSR count). The number of ether oxygens (including phenoxy) is 2. The third-order valence-electron chi connectivity index (χ3n) is 7.96. The smallest absolute Gasteiger partial charge is 0.127 e. The summed E-state index contributed by atoms with van der Waals surface area (Å²) in [5, 5.41) is 9.79.